The van der Waals surface area contributed by atoms with E-state index < -0.39 is 0 Å². The standard InChI is InChI=1S/C28H32N4O5S/c1-5-36-23-15-21(32-9-11-35-12-10-32)24(37-6-2)14-20(23)31-27-26-19(16-38-28(26)30-17-29-27)18-7-8-22(33-3)25(13-18)34-4/h7-8,13-17H,5-6,9-12H2,1-4H3,(H,29,30,31). The van der Waals surface area contributed by atoms with Crippen molar-refractivity contribution in [1.82, 2.24) is 9.97 Å². The Bertz CT molecular complexity index is 1400. The van der Waals surface area contributed by atoms with Crippen molar-refractivity contribution in [3.8, 4) is 34.1 Å². The lowest BCUT2D eigenvalue weighted by Gasteiger charge is -2.31. The fraction of sp³-hybridized carbons (Fsp3) is 0.357. The number of fused-ring (bicyclic) bond motifs is 1. The zero-order valence-corrected chi connectivity index (χ0v) is 22.9. The molecule has 10 heteroatoms. The predicted molar refractivity (Wildman–Crippen MR) is 151 cm³/mol. The minimum absolute atomic E-state index is 0.528. The van der Waals surface area contributed by atoms with Gasteiger partial charge in [0.15, 0.2) is 11.5 Å². The molecule has 4 aromatic rings. The number of nitrogens with zero attached hydrogens (tertiary/aromatic N) is 3. The second-order valence-corrected chi connectivity index (χ2v) is 9.39. The molecule has 0 spiro atoms. The lowest BCUT2D eigenvalue weighted by Crippen LogP contribution is -2.36. The van der Waals surface area contributed by atoms with Crippen LogP contribution in [0.4, 0.5) is 17.2 Å². The quantitative estimate of drug-likeness (QED) is 0.272. The van der Waals surface area contributed by atoms with E-state index >= 15 is 0 Å². The molecule has 5 rings (SSSR count). The van der Waals surface area contributed by atoms with E-state index in [2.05, 4.69) is 25.6 Å². The van der Waals surface area contributed by atoms with Crippen LogP contribution in [0.1, 0.15) is 13.8 Å². The van der Waals surface area contributed by atoms with E-state index in [1.165, 1.54) is 0 Å². The van der Waals surface area contributed by atoms with Crippen LogP contribution in [0.15, 0.2) is 42.0 Å². The first kappa shape index (κ1) is 25.9. The minimum Gasteiger partial charge on any atom is -0.493 e. The lowest BCUT2D eigenvalue weighted by molar-refractivity contribution is 0.122. The summed E-state index contributed by atoms with van der Waals surface area (Å²) >= 11 is 1.57. The molecule has 3 heterocycles. The van der Waals surface area contributed by atoms with Crippen LogP contribution in [-0.4, -0.2) is 63.7 Å². The summed E-state index contributed by atoms with van der Waals surface area (Å²) in [5.74, 6) is 3.54. The van der Waals surface area contributed by atoms with Crippen molar-refractivity contribution in [2.45, 2.75) is 13.8 Å². The van der Waals surface area contributed by atoms with Crippen LogP contribution >= 0.6 is 11.3 Å². The molecule has 1 aliphatic heterocycles. The summed E-state index contributed by atoms with van der Waals surface area (Å²) in [6.07, 6.45) is 1.57. The Kier molecular flexibility index (Phi) is 8.00. The van der Waals surface area contributed by atoms with Crippen molar-refractivity contribution in [2.24, 2.45) is 0 Å². The maximum Gasteiger partial charge on any atom is 0.161 e. The maximum atomic E-state index is 6.09. The maximum absolute atomic E-state index is 6.09. The van der Waals surface area contributed by atoms with Crippen LogP contribution in [0.25, 0.3) is 21.3 Å². The van der Waals surface area contributed by atoms with Crippen LogP contribution < -0.4 is 29.2 Å². The van der Waals surface area contributed by atoms with Crippen LogP contribution in [0.3, 0.4) is 0 Å². The van der Waals surface area contributed by atoms with Gasteiger partial charge in [-0.2, -0.15) is 0 Å². The Labute approximate surface area is 226 Å². The largest absolute Gasteiger partial charge is 0.493 e. The number of rotatable bonds is 10. The third-order valence-corrected chi connectivity index (χ3v) is 7.22. The topological polar surface area (TPSA) is 87.2 Å². The second-order valence-electron chi connectivity index (χ2n) is 8.53. The van der Waals surface area contributed by atoms with Gasteiger partial charge in [-0.15, -0.1) is 11.3 Å². The first-order chi connectivity index (χ1) is 18.7. The Morgan fingerprint density at radius 2 is 1.68 bits per heavy atom. The summed E-state index contributed by atoms with van der Waals surface area (Å²) in [7, 11) is 3.26. The summed E-state index contributed by atoms with van der Waals surface area (Å²) in [5, 5.41) is 6.53. The number of morpholine rings is 1. The number of ether oxygens (including phenoxy) is 5. The third kappa shape index (κ3) is 5.14. The van der Waals surface area contributed by atoms with Gasteiger partial charge in [0.05, 0.1) is 57.4 Å². The van der Waals surface area contributed by atoms with Crippen molar-refractivity contribution in [1.29, 1.82) is 0 Å². The molecular weight excluding hydrogens is 504 g/mol. The number of hydrogen-bond donors (Lipinski definition) is 1. The highest BCUT2D eigenvalue weighted by Gasteiger charge is 2.21. The molecule has 2 aromatic heterocycles. The molecule has 9 nitrogen and oxygen atoms in total. The Morgan fingerprint density at radius 3 is 2.42 bits per heavy atom. The van der Waals surface area contributed by atoms with Crippen LogP contribution in [0.5, 0.6) is 23.0 Å². The Hall–Kier alpha value is -3.76. The number of aromatic nitrogens is 2. The van der Waals surface area contributed by atoms with Crippen molar-refractivity contribution in [2.75, 3.05) is 64.0 Å². The van der Waals surface area contributed by atoms with E-state index in [1.807, 2.05) is 44.2 Å². The zero-order chi connectivity index (χ0) is 26.5. The molecule has 0 unspecified atom stereocenters. The van der Waals surface area contributed by atoms with Gasteiger partial charge in [-0.1, -0.05) is 6.07 Å². The van der Waals surface area contributed by atoms with Gasteiger partial charge in [-0.05, 0) is 31.5 Å². The normalized spacial score (nSPS) is 13.4. The number of methoxy groups -OCH3 is 2. The smallest absolute Gasteiger partial charge is 0.161 e. The molecule has 0 bridgehead atoms. The van der Waals surface area contributed by atoms with E-state index in [9.17, 15) is 0 Å². The number of thiophene rings is 1. The van der Waals surface area contributed by atoms with E-state index in [-0.39, 0.29) is 0 Å². The number of benzene rings is 2. The van der Waals surface area contributed by atoms with Gasteiger partial charge in [-0.3, -0.25) is 0 Å². The number of anilines is 3. The molecule has 1 N–H and O–H groups in total. The summed E-state index contributed by atoms with van der Waals surface area (Å²) in [4.78, 5) is 12.3. The van der Waals surface area contributed by atoms with Gasteiger partial charge in [0.25, 0.3) is 0 Å². The molecule has 0 saturated carbocycles. The molecule has 0 radical (unpaired) electrons. The van der Waals surface area contributed by atoms with Crippen molar-refractivity contribution in [3.63, 3.8) is 0 Å². The second kappa shape index (κ2) is 11.7. The van der Waals surface area contributed by atoms with Gasteiger partial charge in [0.2, 0.25) is 0 Å². The Morgan fingerprint density at radius 1 is 0.921 bits per heavy atom. The highest BCUT2D eigenvalue weighted by atomic mass is 32.1. The van der Waals surface area contributed by atoms with Crippen molar-refractivity contribution < 1.29 is 23.7 Å². The van der Waals surface area contributed by atoms with Gasteiger partial charge in [0.1, 0.15) is 28.5 Å². The molecule has 1 saturated heterocycles. The van der Waals surface area contributed by atoms with E-state index in [0.717, 1.165) is 57.3 Å². The van der Waals surface area contributed by atoms with E-state index in [0.29, 0.717) is 43.7 Å². The van der Waals surface area contributed by atoms with Gasteiger partial charge >= 0.3 is 0 Å². The SMILES string of the molecule is CCOc1cc(N2CCOCC2)c(OCC)cc1Nc1ncnc2scc(-c3ccc(OC)c(OC)c3)c12. The molecule has 38 heavy (non-hydrogen) atoms. The van der Waals surface area contributed by atoms with E-state index in [1.54, 1.807) is 31.9 Å². The zero-order valence-electron chi connectivity index (χ0n) is 22.1. The van der Waals surface area contributed by atoms with Crippen molar-refractivity contribution in [3.05, 3.63) is 42.0 Å². The fourth-order valence-corrected chi connectivity index (χ4v) is 5.47. The summed E-state index contributed by atoms with van der Waals surface area (Å²) in [6, 6.07) is 9.92. The average Bonchev–Trinajstić information content (AvgIpc) is 3.40. The minimum atomic E-state index is 0.528. The van der Waals surface area contributed by atoms with Crippen LogP contribution in [-0.2, 0) is 4.74 Å². The number of hydrogen-bond acceptors (Lipinski definition) is 10. The first-order valence-electron chi connectivity index (χ1n) is 12.6. The summed E-state index contributed by atoms with van der Waals surface area (Å²) < 4.78 is 28.7. The lowest BCUT2D eigenvalue weighted by atomic mass is 10.1. The highest BCUT2D eigenvalue weighted by molar-refractivity contribution is 7.17. The molecule has 0 atom stereocenters. The fourth-order valence-electron chi connectivity index (χ4n) is 4.56. The van der Waals surface area contributed by atoms with Crippen molar-refractivity contribution >= 4 is 38.7 Å². The van der Waals surface area contributed by atoms with Crippen LogP contribution in [0, 0.1) is 0 Å². The predicted octanol–water partition coefficient (Wildman–Crippen LogP) is 5.75. The molecule has 1 aliphatic rings. The molecule has 1 fully saturated rings. The molecule has 0 aliphatic carbocycles. The number of nitrogens with one attached hydrogen (secondary N) is 1. The molecular formula is C28H32N4O5S. The first-order valence-corrected chi connectivity index (χ1v) is 13.5. The Balaban J connectivity index is 1.59. The van der Waals surface area contributed by atoms with Crippen LogP contribution in [0.2, 0.25) is 0 Å². The molecule has 0 amide bonds. The van der Waals surface area contributed by atoms with E-state index in [4.69, 9.17) is 23.7 Å². The molecule has 2 aromatic carbocycles. The molecule has 200 valence electrons. The van der Waals surface area contributed by atoms with Gasteiger partial charge in [0, 0.05) is 36.2 Å². The third-order valence-electron chi connectivity index (χ3n) is 6.33. The van der Waals surface area contributed by atoms with Gasteiger partial charge in [-0.25, -0.2) is 9.97 Å². The summed E-state index contributed by atoms with van der Waals surface area (Å²) in [6.45, 7) is 8.02. The highest BCUT2D eigenvalue weighted by Crippen LogP contribution is 2.44. The summed E-state index contributed by atoms with van der Waals surface area (Å²) in [5.41, 5.74) is 3.76. The average molecular weight is 537 g/mol. The van der Waals surface area contributed by atoms with Gasteiger partial charge < -0.3 is 33.9 Å². The monoisotopic (exact) mass is 536 g/mol.